The Hall–Kier alpha value is -2.21. The van der Waals surface area contributed by atoms with Gasteiger partial charge >= 0.3 is 0 Å². The number of rotatable bonds is 5. The number of likely N-dealkylation sites (tertiary alicyclic amines) is 1. The van der Waals surface area contributed by atoms with Gasteiger partial charge in [0.2, 0.25) is 5.91 Å². The van der Waals surface area contributed by atoms with Gasteiger partial charge in [-0.25, -0.2) is 0 Å². The van der Waals surface area contributed by atoms with Gasteiger partial charge in [-0.15, -0.1) is 0 Å². The molecule has 0 saturated carbocycles. The molecule has 0 spiro atoms. The Bertz CT molecular complexity index is 627. The number of carbonyl (C=O) groups excluding carboxylic acids is 1. The van der Waals surface area contributed by atoms with E-state index in [1.54, 1.807) is 13.3 Å². The molecule has 22 heavy (non-hydrogen) atoms. The number of ether oxygens (including phenoxy) is 1. The molecule has 1 unspecified atom stereocenters. The number of carbonyl (C=O) groups is 1. The van der Waals surface area contributed by atoms with Gasteiger partial charge in [0.05, 0.1) is 11.4 Å². The normalized spacial score (nSPS) is 17.9. The number of amides is 1. The summed E-state index contributed by atoms with van der Waals surface area (Å²) in [7, 11) is 1.55. The van der Waals surface area contributed by atoms with E-state index >= 15 is 0 Å². The number of hydrogen-bond acceptors (Lipinski definition) is 4. The number of nitrogens with zero attached hydrogens (tertiary/aromatic N) is 3. The third-order valence-corrected chi connectivity index (χ3v) is 3.99. The van der Waals surface area contributed by atoms with Crippen molar-refractivity contribution in [2.45, 2.75) is 12.8 Å². The summed E-state index contributed by atoms with van der Waals surface area (Å²) in [5.74, 6) is 0.537. The minimum Gasteiger partial charge on any atom is -0.375 e. The molecule has 0 aliphatic carbocycles. The quantitative estimate of drug-likeness (QED) is 0.908. The molecule has 1 N–H and O–H groups in total. The zero-order valence-electron chi connectivity index (χ0n) is 12.7. The molecule has 3 heterocycles. The van der Waals surface area contributed by atoms with Crippen molar-refractivity contribution in [3.8, 4) is 11.4 Å². The first kappa shape index (κ1) is 14.7. The maximum Gasteiger partial charge on any atom is 0.248 e. The number of H-pyrrole nitrogens is 1. The molecule has 2 aromatic rings. The molecule has 1 aliphatic heterocycles. The summed E-state index contributed by atoms with van der Waals surface area (Å²) < 4.78 is 4.91. The Morgan fingerprint density at radius 2 is 2.36 bits per heavy atom. The number of hydrogen-bond donors (Lipinski definition) is 1. The van der Waals surface area contributed by atoms with Gasteiger partial charge in [-0.3, -0.25) is 14.9 Å². The number of methoxy groups -OCH3 is 1. The molecule has 2 aromatic heterocycles. The van der Waals surface area contributed by atoms with E-state index in [2.05, 4.69) is 15.2 Å². The van der Waals surface area contributed by atoms with Gasteiger partial charge in [0.25, 0.3) is 0 Å². The number of nitrogens with one attached hydrogen (secondary N) is 1. The van der Waals surface area contributed by atoms with E-state index in [0.29, 0.717) is 5.92 Å². The molecule has 1 aliphatic rings. The minimum atomic E-state index is 0.0733. The third-order valence-electron chi connectivity index (χ3n) is 3.99. The minimum absolute atomic E-state index is 0.0733. The van der Waals surface area contributed by atoms with Crippen molar-refractivity contribution in [1.29, 1.82) is 0 Å². The molecule has 6 nitrogen and oxygen atoms in total. The summed E-state index contributed by atoms with van der Waals surface area (Å²) in [6.07, 6.45) is 3.63. The first-order valence-corrected chi connectivity index (χ1v) is 7.48. The highest BCUT2D eigenvalue weighted by molar-refractivity contribution is 5.77. The molecule has 0 radical (unpaired) electrons. The van der Waals surface area contributed by atoms with Crippen LogP contribution >= 0.6 is 0 Å². The first-order chi connectivity index (χ1) is 10.8. The average Bonchev–Trinajstić information content (AvgIpc) is 3.19. The highest BCUT2D eigenvalue weighted by Crippen LogP contribution is 2.21. The van der Waals surface area contributed by atoms with Crippen LogP contribution in [0.25, 0.3) is 11.4 Å². The Labute approximate surface area is 129 Å². The summed E-state index contributed by atoms with van der Waals surface area (Å²) in [5, 5.41) is 6.89. The second kappa shape index (κ2) is 6.70. The van der Waals surface area contributed by atoms with Crippen LogP contribution in [-0.4, -0.2) is 52.8 Å². The molecular formula is C16H20N4O2. The SMILES string of the molecule is COCC(=O)N1CCC(Cc2cccc(-c3ccn[nH]3)n2)C1. The average molecular weight is 300 g/mol. The van der Waals surface area contributed by atoms with E-state index in [9.17, 15) is 4.79 Å². The van der Waals surface area contributed by atoms with Crippen molar-refractivity contribution in [3.63, 3.8) is 0 Å². The summed E-state index contributed by atoms with van der Waals surface area (Å²) in [4.78, 5) is 18.4. The van der Waals surface area contributed by atoms with Gasteiger partial charge in [-0.2, -0.15) is 5.10 Å². The predicted molar refractivity (Wildman–Crippen MR) is 82.1 cm³/mol. The predicted octanol–water partition coefficient (Wildman–Crippen LogP) is 1.51. The highest BCUT2D eigenvalue weighted by atomic mass is 16.5. The van der Waals surface area contributed by atoms with Gasteiger partial charge < -0.3 is 9.64 Å². The topological polar surface area (TPSA) is 71.1 Å². The lowest BCUT2D eigenvalue weighted by Crippen LogP contribution is -2.31. The van der Waals surface area contributed by atoms with Crippen LogP contribution in [0.2, 0.25) is 0 Å². The van der Waals surface area contributed by atoms with Crippen LogP contribution in [0, 0.1) is 5.92 Å². The fraction of sp³-hybridized carbons (Fsp3) is 0.438. The Balaban J connectivity index is 1.62. The van der Waals surface area contributed by atoms with Gasteiger partial charge in [0.1, 0.15) is 6.61 Å². The smallest absolute Gasteiger partial charge is 0.248 e. The van der Waals surface area contributed by atoms with Crippen molar-refractivity contribution >= 4 is 5.91 Å². The van der Waals surface area contributed by atoms with E-state index in [1.807, 2.05) is 29.2 Å². The molecule has 1 amide bonds. The number of pyridine rings is 1. The summed E-state index contributed by atoms with van der Waals surface area (Å²) >= 11 is 0. The van der Waals surface area contributed by atoms with E-state index in [-0.39, 0.29) is 12.5 Å². The maximum atomic E-state index is 11.8. The Kier molecular flexibility index (Phi) is 4.48. The Morgan fingerprint density at radius 1 is 1.45 bits per heavy atom. The summed E-state index contributed by atoms with van der Waals surface area (Å²) in [6, 6.07) is 7.94. The molecule has 1 atom stereocenters. The van der Waals surface area contributed by atoms with Crippen LogP contribution in [0.5, 0.6) is 0 Å². The van der Waals surface area contributed by atoms with E-state index in [4.69, 9.17) is 4.74 Å². The zero-order chi connectivity index (χ0) is 15.4. The third kappa shape index (κ3) is 3.33. The number of aromatic nitrogens is 3. The summed E-state index contributed by atoms with van der Waals surface area (Å²) in [5.41, 5.74) is 2.88. The fourth-order valence-corrected chi connectivity index (χ4v) is 2.88. The van der Waals surface area contributed by atoms with Crippen LogP contribution in [0.1, 0.15) is 12.1 Å². The van der Waals surface area contributed by atoms with E-state index in [1.165, 1.54) is 0 Å². The molecule has 116 valence electrons. The van der Waals surface area contributed by atoms with E-state index < -0.39 is 0 Å². The molecule has 3 rings (SSSR count). The number of aromatic amines is 1. The second-order valence-corrected chi connectivity index (χ2v) is 5.62. The molecule has 1 saturated heterocycles. The van der Waals surface area contributed by atoms with Crippen molar-refractivity contribution in [1.82, 2.24) is 20.1 Å². The Morgan fingerprint density at radius 3 is 3.14 bits per heavy atom. The van der Waals surface area contributed by atoms with Gasteiger partial charge in [0, 0.05) is 32.1 Å². The van der Waals surface area contributed by atoms with Crippen LogP contribution in [0.15, 0.2) is 30.5 Å². The lowest BCUT2D eigenvalue weighted by Gasteiger charge is -2.16. The fourth-order valence-electron chi connectivity index (χ4n) is 2.88. The molecule has 0 aromatic carbocycles. The highest BCUT2D eigenvalue weighted by Gasteiger charge is 2.26. The summed E-state index contributed by atoms with van der Waals surface area (Å²) in [6.45, 7) is 1.77. The van der Waals surface area contributed by atoms with Crippen molar-refractivity contribution < 1.29 is 9.53 Å². The van der Waals surface area contributed by atoms with Gasteiger partial charge in [-0.05, 0) is 37.0 Å². The van der Waals surface area contributed by atoms with Crippen LogP contribution in [-0.2, 0) is 16.0 Å². The maximum absolute atomic E-state index is 11.8. The molecular weight excluding hydrogens is 280 g/mol. The van der Waals surface area contributed by atoms with Crippen molar-refractivity contribution in [2.24, 2.45) is 5.92 Å². The molecule has 0 bridgehead atoms. The monoisotopic (exact) mass is 300 g/mol. The van der Waals surface area contributed by atoms with Crippen molar-refractivity contribution in [2.75, 3.05) is 26.8 Å². The lowest BCUT2D eigenvalue weighted by atomic mass is 10.0. The first-order valence-electron chi connectivity index (χ1n) is 7.48. The lowest BCUT2D eigenvalue weighted by molar-refractivity contribution is -0.134. The van der Waals surface area contributed by atoms with E-state index in [0.717, 1.165) is 43.0 Å². The molecule has 6 heteroatoms. The second-order valence-electron chi connectivity index (χ2n) is 5.62. The molecule has 1 fully saturated rings. The standard InChI is InChI=1S/C16H20N4O2/c1-22-11-16(21)20-8-6-12(10-20)9-13-3-2-4-14(18-13)15-5-7-17-19-15/h2-5,7,12H,6,8-11H2,1H3,(H,17,19). The van der Waals surface area contributed by atoms with Crippen LogP contribution < -0.4 is 0 Å². The largest absolute Gasteiger partial charge is 0.375 e. The van der Waals surface area contributed by atoms with Gasteiger partial charge in [0.15, 0.2) is 0 Å². The zero-order valence-corrected chi connectivity index (χ0v) is 12.7. The van der Waals surface area contributed by atoms with Crippen molar-refractivity contribution in [3.05, 3.63) is 36.2 Å². The van der Waals surface area contributed by atoms with Crippen LogP contribution in [0.3, 0.4) is 0 Å². The van der Waals surface area contributed by atoms with Crippen LogP contribution in [0.4, 0.5) is 0 Å². The van der Waals surface area contributed by atoms with Gasteiger partial charge in [-0.1, -0.05) is 6.07 Å².